The van der Waals surface area contributed by atoms with Crippen molar-refractivity contribution in [2.45, 2.75) is 44.9 Å². The van der Waals surface area contributed by atoms with Crippen LogP contribution in [-0.4, -0.2) is 48.1 Å². The van der Waals surface area contributed by atoms with Crippen LogP contribution in [-0.2, 0) is 20.8 Å². The summed E-state index contributed by atoms with van der Waals surface area (Å²) in [4.78, 5) is 36.2. The summed E-state index contributed by atoms with van der Waals surface area (Å²) in [5.74, 6) is -1.01. The van der Waals surface area contributed by atoms with Gasteiger partial charge in [-0.15, -0.1) is 0 Å². The van der Waals surface area contributed by atoms with Gasteiger partial charge in [0, 0.05) is 12.5 Å². The number of aliphatic carboxylic acids is 1. The van der Waals surface area contributed by atoms with Crippen LogP contribution in [0.15, 0.2) is 72.8 Å². The van der Waals surface area contributed by atoms with Crippen LogP contribution >= 0.6 is 0 Å². The molecule has 0 saturated carbocycles. The molecule has 0 bridgehead atoms. The lowest BCUT2D eigenvalue weighted by Crippen LogP contribution is -2.45. The molecule has 3 N–H and O–H groups in total. The maximum Gasteiger partial charge on any atom is 0.407 e. The van der Waals surface area contributed by atoms with Crippen LogP contribution in [0.1, 0.15) is 43.4 Å². The number of hydrogen-bond donors (Lipinski definition) is 3. The summed E-state index contributed by atoms with van der Waals surface area (Å²) in [6, 6.07) is 21.4. The van der Waals surface area contributed by atoms with E-state index in [0.29, 0.717) is 5.75 Å². The number of alkyl carbamates (subject to hydrolysis) is 2. The van der Waals surface area contributed by atoms with E-state index in [2.05, 4.69) is 10.6 Å². The summed E-state index contributed by atoms with van der Waals surface area (Å²) in [6.45, 7) is 5.28. The zero-order chi connectivity index (χ0) is 28.0. The van der Waals surface area contributed by atoms with Gasteiger partial charge in [-0.1, -0.05) is 60.7 Å². The largest absolute Gasteiger partial charge is 0.491 e. The standard InChI is InChI=1S/C30H32N2O7/c1-30(2,3)39-28(35)31-16-19-9-8-10-20(15-19)37-18-26(27(33)34)32-29(36)38-17-25-23-13-6-4-11-21(23)22-12-5-7-14-24(22)25/h4-15,25-26H,16-18H2,1-3H3,(H,31,35)(H,32,36)(H,33,34). The molecule has 4 rings (SSSR count). The third kappa shape index (κ3) is 7.28. The van der Waals surface area contributed by atoms with Gasteiger partial charge < -0.3 is 30.0 Å². The highest BCUT2D eigenvalue weighted by Gasteiger charge is 2.30. The second-order valence-corrected chi connectivity index (χ2v) is 10.2. The highest BCUT2D eigenvalue weighted by molar-refractivity contribution is 5.81. The molecule has 0 fully saturated rings. The maximum atomic E-state index is 12.5. The lowest BCUT2D eigenvalue weighted by Gasteiger charge is -2.20. The van der Waals surface area contributed by atoms with Crippen molar-refractivity contribution >= 4 is 18.2 Å². The topological polar surface area (TPSA) is 123 Å². The van der Waals surface area contributed by atoms with Crippen molar-refractivity contribution in [1.82, 2.24) is 10.6 Å². The molecule has 1 aliphatic carbocycles. The maximum absolute atomic E-state index is 12.5. The second-order valence-electron chi connectivity index (χ2n) is 10.2. The third-order valence-corrected chi connectivity index (χ3v) is 6.08. The van der Waals surface area contributed by atoms with Gasteiger partial charge >= 0.3 is 18.2 Å². The van der Waals surface area contributed by atoms with Gasteiger partial charge in [-0.05, 0) is 60.7 Å². The number of hydrogen-bond acceptors (Lipinski definition) is 6. The fraction of sp³-hybridized carbons (Fsp3) is 0.300. The van der Waals surface area contributed by atoms with Gasteiger partial charge in [-0.25, -0.2) is 14.4 Å². The number of nitrogens with one attached hydrogen (secondary N) is 2. The van der Waals surface area contributed by atoms with Crippen LogP contribution in [0.4, 0.5) is 9.59 Å². The molecule has 0 radical (unpaired) electrons. The first-order chi connectivity index (χ1) is 18.6. The Bertz CT molecular complexity index is 1300. The number of carboxylic acid groups (broad SMARTS) is 1. The van der Waals surface area contributed by atoms with E-state index in [4.69, 9.17) is 14.2 Å². The average molecular weight is 533 g/mol. The van der Waals surface area contributed by atoms with E-state index in [-0.39, 0.29) is 25.7 Å². The number of fused-ring (bicyclic) bond motifs is 3. The Morgan fingerprint density at radius 1 is 0.897 bits per heavy atom. The molecule has 0 aromatic heterocycles. The van der Waals surface area contributed by atoms with Crippen molar-refractivity contribution in [3.05, 3.63) is 89.5 Å². The summed E-state index contributed by atoms with van der Waals surface area (Å²) in [5.41, 5.74) is 4.44. The summed E-state index contributed by atoms with van der Waals surface area (Å²) in [6.07, 6.45) is -1.39. The molecule has 3 aromatic carbocycles. The van der Waals surface area contributed by atoms with E-state index >= 15 is 0 Å². The number of carboxylic acids is 1. The van der Waals surface area contributed by atoms with Crippen LogP contribution in [0.5, 0.6) is 5.75 Å². The monoisotopic (exact) mass is 532 g/mol. The molecule has 1 aliphatic rings. The molecule has 204 valence electrons. The molecule has 1 unspecified atom stereocenters. The molecule has 0 saturated heterocycles. The number of rotatable bonds is 9. The highest BCUT2D eigenvalue weighted by Crippen LogP contribution is 2.44. The third-order valence-electron chi connectivity index (χ3n) is 6.08. The number of carbonyl (C=O) groups excluding carboxylic acids is 2. The molecular weight excluding hydrogens is 500 g/mol. The average Bonchev–Trinajstić information content (AvgIpc) is 3.21. The number of carbonyl (C=O) groups is 3. The van der Waals surface area contributed by atoms with Crippen LogP contribution in [0.2, 0.25) is 0 Å². The number of ether oxygens (including phenoxy) is 3. The first-order valence-electron chi connectivity index (χ1n) is 12.6. The van der Waals surface area contributed by atoms with Crippen molar-refractivity contribution in [3.8, 4) is 16.9 Å². The molecule has 2 amide bonds. The highest BCUT2D eigenvalue weighted by atomic mass is 16.6. The van der Waals surface area contributed by atoms with E-state index in [9.17, 15) is 19.5 Å². The molecular formula is C30H32N2O7. The molecule has 9 heteroatoms. The van der Waals surface area contributed by atoms with Crippen LogP contribution < -0.4 is 15.4 Å². The Hall–Kier alpha value is -4.53. The Morgan fingerprint density at radius 3 is 2.15 bits per heavy atom. The fourth-order valence-electron chi connectivity index (χ4n) is 4.37. The van der Waals surface area contributed by atoms with Crippen molar-refractivity contribution in [2.24, 2.45) is 0 Å². The first-order valence-corrected chi connectivity index (χ1v) is 12.6. The molecule has 1 atom stereocenters. The van der Waals surface area contributed by atoms with E-state index in [0.717, 1.165) is 27.8 Å². The van der Waals surface area contributed by atoms with Gasteiger partial charge in [0.15, 0.2) is 6.04 Å². The molecule has 0 spiro atoms. The fourth-order valence-corrected chi connectivity index (χ4v) is 4.37. The minimum Gasteiger partial charge on any atom is -0.491 e. The Labute approximate surface area is 227 Å². The predicted molar refractivity (Wildman–Crippen MR) is 145 cm³/mol. The zero-order valence-corrected chi connectivity index (χ0v) is 22.1. The molecule has 39 heavy (non-hydrogen) atoms. The molecule has 0 aliphatic heterocycles. The minimum absolute atomic E-state index is 0.0692. The van der Waals surface area contributed by atoms with Crippen molar-refractivity contribution < 1.29 is 33.7 Å². The van der Waals surface area contributed by atoms with Gasteiger partial charge in [0.05, 0.1) is 0 Å². The van der Waals surface area contributed by atoms with Gasteiger partial charge in [0.1, 0.15) is 24.6 Å². The first kappa shape index (κ1) is 27.5. The lowest BCUT2D eigenvalue weighted by molar-refractivity contribution is -0.140. The van der Waals surface area contributed by atoms with E-state index in [1.54, 1.807) is 45.0 Å². The minimum atomic E-state index is -1.33. The SMILES string of the molecule is CC(C)(C)OC(=O)NCc1cccc(OCC(NC(=O)OCC2c3ccccc3-c3ccccc32)C(=O)O)c1. The number of benzene rings is 3. The Morgan fingerprint density at radius 2 is 1.54 bits per heavy atom. The summed E-state index contributed by atoms with van der Waals surface area (Å²) < 4.78 is 16.3. The van der Waals surface area contributed by atoms with Crippen molar-refractivity contribution in [3.63, 3.8) is 0 Å². The van der Waals surface area contributed by atoms with Crippen LogP contribution in [0, 0.1) is 0 Å². The van der Waals surface area contributed by atoms with Gasteiger partial charge in [0.25, 0.3) is 0 Å². The Kier molecular flexibility index (Phi) is 8.39. The smallest absolute Gasteiger partial charge is 0.407 e. The van der Waals surface area contributed by atoms with Crippen molar-refractivity contribution in [2.75, 3.05) is 13.2 Å². The van der Waals surface area contributed by atoms with E-state index < -0.39 is 29.8 Å². The summed E-state index contributed by atoms with van der Waals surface area (Å²) in [7, 11) is 0. The van der Waals surface area contributed by atoms with Gasteiger partial charge in [0.2, 0.25) is 0 Å². The van der Waals surface area contributed by atoms with Crippen molar-refractivity contribution in [1.29, 1.82) is 0 Å². The second kappa shape index (κ2) is 11.9. The van der Waals surface area contributed by atoms with E-state index in [1.165, 1.54) is 0 Å². The van der Waals surface area contributed by atoms with Gasteiger partial charge in [-0.2, -0.15) is 0 Å². The van der Waals surface area contributed by atoms with Crippen LogP contribution in [0.25, 0.3) is 11.1 Å². The number of amides is 2. The van der Waals surface area contributed by atoms with E-state index in [1.807, 2.05) is 48.5 Å². The predicted octanol–water partition coefficient (Wildman–Crippen LogP) is 5.08. The lowest BCUT2D eigenvalue weighted by atomic mass is 9.98. The normalized spacial score (nSPS) is 13.0. The Balaban J connectivity index is 1.30. The van der Waals surface area contributed by atoms with Gasteiger partial charge in [-0.3, -0.25) is 0 Å². The molecule has 9 nitrogen and oxygen atoms in total. The molecule has 3 aromatic rings. The van der Waals surface area contributed by atoms with Crippen LogP contribution in [0.3, 0.4) is 0 Å². The quantitative estimate of drug-likeness (QED) is 0.351. The zero-order valence-electron chi connectivity index (χ0n) is 22.1. The molecule has 0 heterocycles. The summed E-state index contributed by atoms with van der Waals surface area (Å²) >= 11 is 0. The summed E-state index contributed by atoms with van der Waals surface area (Å²) in [5, 5.41) is 14.7.